The van der Waals surface area contributed by atoms with Crippen molar-refractivity contribution >= 4 is 0 Å². The molecule has 3 atom stereocenters. The van der Waals surface area contributed by atoms with Crippen molar-refractivity contribution in [2.45, 2.75) is 52.0 Å². The van der Waals surface area contributed by atoms with Crippen LogP contribution in [0, 0.1) is 11.8 Å². The van der Waals surface area contributed by atoms with Crippen LogP contribution >= 0.6 is 0 Å². The fourth-order valence-electron chi connectivity index (χ4n) is 2.62. The summed E-state index contributed by atoms with van der Waals surface area (Å²) in [6, 6.07) is 0.604. The maximum atomic E-state index is 5.61. The highest BCUT2D eigenvalue weighted by molar-refractivity contribution is 4.75. The number of rotatable bonds is 9. The van der Waals surface area contributed by atoms with Crippen LogP contribution in [0.15, 0.2) is 0 Å². The highest BCUT2D eigenvalue weighted by atomic mass is 16.5. The molecule has 1 aliphatic heterocycles. The van der Waals surface area contributed by atoms with Gasteiger partial charge in [-0.3, -0.25) is 0 Å². The fourth-order valence-corrected chi connectivity index (χ4v) is 2.62. The van der Waals surface area contributed by atoms with Gasteiger partial charge in [-0.25, -0.2) is 0 Å². The van der Waals surface area contributed by atoms with Gasteiger partial charge < -0.3 is 15.8 Å². The molecular formula is C14H30N2O. The van der Waals surface area contributed by atoms with Gasteiger partial charge in [-0.1, -0.05) is 13.3 Å². The van der Waals surface area contributed by atoms with E-state index in [-0.39, 0.29) is 0 Å². The SMILES string of the molecule is CCC(CCN)CCCNC(C)C1CCOC1. The van der Waals surface area contributed by atoms with Crippen LogP contribution in [-0.4, -0.2) is 32.3 Å². The van der Waals surface area contributed by atoms with Crippen LogP contribution in [-0.2, 0) is 4.74 Å². The van der Waals surface area contributed by atoms with E-state index < -0.39 is 0 Å². The van der Waals surface area contributed by atoms with Crippen molar-refractivity contribution in [3.8, 4) is 0 Å². The molecule has 3 N–H and O–H groups in total. The molecule has 3 nitrogen and oxygen atoms in total. The van der Waals surface area contributed by atoms with Crippen LogP contribution < -0.4 is 11.1 Å². The van der Waals surface area contributed by atoms with E-state index in [1.54, 1.807) is 0 Å². The quantitative estimate of drug-likeness (QED) is 0.609. The summed E-state index contributed by atoms with van der Waals surface area (Å²) in [4.78, 5) is 0. The van der Waals surface area contributed by atoms with E-state index in [9.17, 15) is 0 Å². The van der Waals surface area contributed by atoms with Crippen molar-refractivity contribution in [1.29, 1.82) is 0 Å². The minimum Gasteiger partial charge on any atom is -0.381 e. The minimum atomic E-state index is 0.604. The summed E-state index contributed by atoms with van der Waals surface area (Å²) in [5.41, 5.74) is 5.61. The first kappa shape index (κ1) is 14.9. The molecule has 1 rings (SSSR count). The average Bonchev–Trinajstić information content (AvgIpc) is 2.86. The predicted molar refractivity (Wildman–Crippen MR) is 73.1 cm³/mol. The Hall–Kier alpha value is -0.120. The second-order valence-electron chi connectivity index (χ2n) is 5.36. The van der Waals surface area contributed by atoms with Gasteiger partial charge in [0.1, 0.15) is 0 Å². The van der Waals surface area contributed by atoms with Gasteiger partial charge in [0, 0.05) is 12.6 Å². The molecule has 1 heterocycles. The van der Waals surface area contributed by atoms with Gasteiger partial charge in [0.25, 0.3) is 0 Å². The van der Waals surface area contributed by atoms with Crippen LogP contribution in [0.3, 0.4) is 0 Å². The van der Waals surface area contributed by atoms with Crippen molar-refractivity contribution in [3.63, 3.8) is 0 Å². The summed E-state index contributed by atoms with van der Waals surface area (Å²) in [5, 5.41) is 3.63. The summed E-state index contributed by atoms with van der Waals surface area (Å²) in [6.07, 6.45) is 6.26. The lowest BCUT2D eigenvalue weighted by Gasteiger charge is -2.20. The molecule has 0 saturated carbocycles. The molecule has 1 aliphatic rings. The van der Waals surface area contributed by atoms with Crippen LogP contribution in [0.4, 0.5) is 0 Å². The Morgan fingerprint density at radius 3 is 2.82 bits per heavy atom. The Kier molecular flexibility index (Phi) is 7.82. The lowest BCUT2D eigenvalue weighted by atomic mass is 9.96. The van der Waals surface area contributed by atoms with E-state index in [0.29, 0.717) is 6.04 Å². The first-order valence-electron chi connectivity index (χ1n) is 7.29. The molecule has 0 aromatic carbocycles. The maximum absolute atomic E-state index is 5.61. The summed E-state index contributed by atoms with van der Waals surface area (Å²) in [6.45, 7) is 8.42. The van der Waals surface area contributed by atoms with Crippen molar-refractivity contribution in [2.24, 2.45) is 17.6 Å². The Balaban J connectivity index is 2.02. The average molecular weight is 242 g/mol. The van der Waals surface area contributed by atoms with Crippen molar-refractivity contribution < 1.29 is 4.74 Å². The molecule has 17 heavy (non-hydrogen) atoms. The highest BCUT2D eigenvalue weighted by Crippen LogP contribution is 2.17. The third-order valence-corrected chi connectivity index (χ3v) is 4.08. The van der Waals surface area contributed by atoms with Gasteiger partial charge in [0.05, 0.1) is 6.61 Å². The van der Waals surface area contributed by atoms with Crippen molar-refractivity contribution in [3.05, 3.63) is 0 Å². The smallest absolute Gasteiger partial charge is 0.0509 e. The number of nitrogens with one attached hydrogen (secondary N) is 1. The Bertz CT molecular complexity index is 181. The van der Waals surface area contributed by atoms with Crippen molar-refractivity contribution in [2.75, 3.05) is 26.3 Å². The Labute approximate surface area is 106 Å². The maximum Gasteiger partial charge on any atom is 0.0509 e. The second-order valence-corrected chi connectivity index (χ2v) is 5.36. The molecular weight excluding hydrogens is 212 g/mol. The normalized spacial score (nSPS) is 23.8. The molecule has 0 bridgehead atoms. The van der Waals surface area contributed by atoms with E-state index in [1.165, 1.54) is 32.1 Å². The van der Waals surface area contributed by atoms with Crippen LogP contribution in [0.2, 0.25) is 0 Å². The minimum absolute atomic E-state index is 0.604. The lowest BCUT2D eigenvalue weighted by molar-refractivity contribution is 0.178. The molecule has 0 radical (unpaired) electrons. The van der Waals surface area contributed by atoms with E-state index in [1.807, 2.05) is 0 Å². The zero-order valence-corrected chi connectivity index (χ0v) is 11.6. The van der Waals surface area contributed by atoms with E-state index >= 15 is 0 Å². The van der Waals surface area contributed by atoms with E-state index in [4.69, 9.17) is 10.5 Å². The standard InChI is InChI=1S/C14H30N2O/c1-3-13(6-8-15)5-4-9-16-12(2)14-7-10-17-11-14/h12-14,16H,3-11,15H2,1-2H3. The summed E-state index contributed by atoms with van der Waals surface area (Å²) in [7, 11) is 0. The first-order valence-corrected chi connectivity index (χ1v) is 7.29. The lowest BCUT2D eigenvalue weighted by Crippen LogP contribution is -2.34. The summed E-state index contributed by atoms with van der Waals surface area (Å²) < 4.78 is 5.42. The monoisotopic (exact) mass is 242 g/mol. The van der Waals surface area contributed by atoms with Gasteiger partial charge in [-0.2, -0.15) is 0 Å². The molecule has 1 fully saturated rings. The predicted octanol–water partition coefficient (Wildman–Crippen LogP) is 2.16. The van der Waals surface area contributed by atoms with Crippen LogP contribution in [0.25, 0.3) is 0 Å². The molecule has 0 aromatic rings. The molecule has 1 saturated heterocycles. The number of hydrogen-bond acceptors (Lipinski definition) is 3. The van der Waals surface area contributed by atoms with E-state index in [2.05, 4.69) is 19.2 Å². The zero-order chi connectivity index (χ0) is 12.5. The summed E-state index contributed by atoms with van der Waals surface area (Å²) in [5.74, 6) is 1.55. The zero-order valence-electron chi connectivity index (χ0n) is 11.6. The second kappa shape index (κ2) is 8.90. The molecule has 3 heteroatoms. The Morgan fingerprint density at radius 1 is 1.41 bits per heavy atom. The van der Waals surface area contributed by atoms with Crippen LogP contribution in [0.1, 0.15) is 46.0 Å². The highest BCUT2D eigenvalue weighted by Gasteiger charge is 2.21. The van der Waals surface area contributed by atoms with E-state index in [0.717, 1.165) is 38.1 Å². The topological polar surface area (TPSA) is 47.3 Å². The molecule has 102 valence electrons. The number of ether oxygens (including phenoxy) is 1. The van der Waals surface area contributed by atoms with Gasteiger partial charge >= 0.3 is 0 Å². The van der Waals surface area contributed by atoms with Gasteiger partial charge in [0.15, 0.2) is 0 Å². The van der Waals surface area contributed by atoms with Crippen molar-refractivity contribution in [1.82, 2.24) is 5.32 Å². The largest absolute Gasteiger partial charge is 0.381 e. The summed E-state index contributed by atoms with van der Waals surface area (Å²) >= 11 is 0. The Morgan fingerprint density at radius 2 is 2.24 bits per heavy atom. The van der Waals surface area contributed by atoms with Gasteiger partial charge in [-0.15, -0.1) is 0 Å². The molecule has 0 aliphatic carbocycles. The molecule has 0 aromatic heterocycles. The third-order valence-electron chi connectivity index (χ3n) is 4.08. The van der Waals surface area contributed by atoms with Gasteiger partial charge in [0.2, 0.25) is 0 Å². The molecule has 3 unspecified atom stereocenters. The first-order chi connectivity index (χ1) is 8.27. The van der Waals surface area contributed by atoms with Crippen LogP contribution in [0.5, 0.6) is 0 Å². The number of nitrogens with two attached hydrogens (primary N) is 1. The molecule has 0 spiro atoms. The van der Waals surface area contributed by atoms with Gasteiger partial charge in [-0.05, 0) is 57.5 Å². The number of hydrogen-bond donors (Lipinski definition) is 2. The third kappa shape index (κ3) is 5.84. The fraction of sp³-hybridized carbons (Fsp3) is 1.00. The molecule has 0 amide bonds.